The molecule has 2 aliphatic rings. The Morgan fingerprint density at radius 2 is 1.92 bits per heavy atom. The van der Waals surface area contributed by atoms with Crippen LogP contribution >= 0.6 is 0 Å². The van der Waals surface area contributed by atoms with Gasteiger partial charge in [0.2, 0.25) is 0 Å². The van der Waals surface area contributed by atoms with E-state index in [0.717, 1.165) is 37.8 Å². The average molecular weight is 346 g/mol. The Kier molecular flexibility index (Phi) is 5.43. The number of carbonyl (C=O) groups is 2. The number of hydrogen-bond acceptors (Lipinski definition) is 4. The Hall–Kier alpha value is -2.28. The Morgan fingerprint density at radius 1 is 1.20 bits per heavy atom. The summed E-state index contributed by atoms with van der Waals surface area (Å²) >= 11 is 0. The number of amides is 2. The largest absolute Gasteiger partial charge is 0.478 e. The maximum atomic E-state index is 11.9. The van der Waals surface area contributed by atoms with E-state index >= 15 is 0 Å². The fraction of sp³-hybridized carbons (Fsp3) is 0.556. The van der Waals surface area contributed by atoms with Crippen LogP contribution in [0.25, 0.3) is 0 Å². The van der Waals surface area contributed by atoms with Gasteiger partial charge in [-0.15, -0.1) is 0 Å². The molecule has 1 heterocycles. The van der Waals surface area contributed by atoms with E-state index in [4.69, 9.17) is 0 Å². The molecular formula is C18H26N4O3. The Labute approximate surface area is 148 Å². The Morgan fingerprint density at radius 3 is 2.52 bits per heavy atom. The van der Waals surface area contributed by atoms with E-state index in [9.17, 15) is 14.7 Å². The lowest BCUT2D eigenvalue weighted by atomic mass is 10.1. The summed E-state index contributed by atoms with van der Waals surface area (Å²) in [7, 11) is 0. The number of piperazine rings is 1. The second kappa shape index (κ2) is 7.74. The van der Waals surface area contributed by atoms with Crippen molar-refractivity contribution in [3.63, 3.8) is 0 Å². The normalized spacial score (nSPS) is 18.0. The molecule has 7 nitrogen and oxygen atoms in total. The van der Waals surface area contributed by atoms with Crippen molar-refractivity contribution in [3.05, 3.63) is 23.8 Å². The van der Waals surface area contributed by atoms with Crippen molar-refractivity contribution in [2.45, 2.75) is 19.8 Å². The third-order valence-electron chi connectivity index (χ3n) is 4.76. The molecule has 1 aliphatic carbocycles. The highest BCUT2D eigenvalue weighted by atomic mass is 16.4. The van der Waals surface area contributed by atoms with Gasteiger partial charge in [0.1, 0.15) is 0 Å². The van der Waals surface area contributed by atoms with Crippen LogP contribution in [0.1, 0.15) is 30.1 Å². The third-order valence-corrected chi connectivity index (χ3v) is 4.76. The van der Waals surface area contributed by atoms with Crippen molar-refractivity contribution in [3.8, 4) is 0 Å². The molecule has 1 aliphatic heterocycles. The van der Waals surface area contributed by atoms with Gasteiger partial charge in [0.05, 0.1) is 16.9 Å². The van der Waals surface area contributed by atoms with Crippen LogP contribution in [0, 0.1) is 5.92 Å². The molecule has 3 N–H and O–H groups in total. The van der Waals surface area contributed by atoms with Crippen LogP contribution in [-0.2, 0) is 0 Å². The topological polar surface area (TPSA) is 84.9 Å². The summed E-state index contributed by atoms with van der Waals surface area (Å²) in [4.78, 5) is 27.8. The molecule has 0 unspecified atom stereocenters. The van der Waals surface area contributed by atoms with E-state index < -0.39 is 5.97 Å². The predicted octanol–water partition coefficient (Wildman–Crippen LogP) is 2.06. The van der Waals surface area contributed by atoms with E-state index in [1.165, 1.54) is 25.5 Å². The van der Waals surface area contributed by atoms with Crippen LogP contribution in [-0.4, -0.2) is 61.3 Å². The zero-order chi connectivity index (χ0) is 17.8. The monoisotopic (exact) mass is 346 g/mol. The third kappa shape index (κ3) is 4.63. The minimum atomic E-state index is -0.960. The number of anilines is 2. The van der Waals surface area contributed by atoms with Gasteiger partial charge in [0.15, 0.2) is 0 Å². The molecule has 2 fully saturated rings. The zero-order valence-electron chi connectivity index (χ0n) is 14.6. The van der Waals surface area contributed by atoms with E-state index in [0.29, 0.717) is 12.2 Å². The van der Waals surface area contributed by atoms with Gasteiger partial charge in [-0.2, -0.15) is 0 Å². The summed E-state index contributed by atoms with van der Waals surface area (Å²) in [5.74, 6) is -0.0879. The van der Waals surface area contributed by atoms with Crippen LogP contribution in [0.2, 0.25) is 0 Å². The van der Waals surface area contributed by atoms with Gasteiger partial charge in [-0.1, -0.05) is 0 Å². The smallest absolute Gasteiger partial charge is 0.335 e. The van der Waals surface area contributed by atoms with Crippen molar-refractivity contribution in [1.82, 2.24) is 10.2 Å². The lowest BCUT2D eigenvalue weighted by Gasteiger charge is -2.37. The van der Waals surface area contributed by atoms with E-state index in [1.807, 2.05) is 6.92 Å². The SMILES string of the molecule is CCNC(=O)Nc1ccc(C(=O)O)cc1N1CCN(CC2CC2)CC1. The van der Waals surface area contributed by atoms with Crippen molar-refractivity contribution >= 4 is 23.4 Å². The molecule has 7 heteroatoms. The molecule has 0 spiro atoms. The molecule has 1 aromatic carbocycles. The number of carboxylic acid groups (broad SMARTS) is 1. The molecular weight excluding hydrogens is 320 g/mol. The highest BCUT2D eigenvalue weighted by molar-refractivity contribution is 5.96. The summed E-state index contributed by atoms with van der Waals surface area (Å²) in [6.45, 7) is 7.16. The lowest BCUT2D eigenvalue weighted by molar-refractivity contribution is 0.0697. The molecule has 0 bridgehead atoms. The fourth-order valence-corrected chi connectivity index (χ4v) is 3.20. The fourth-order valence-electron chi connectivity index (χ4n) is 3.20. The molecule has 3 rings (SSSR count). The van der Waals surface area contributed by atoms with E-state index in [2.05, 4.69) is 20.4 Å². The standard InChI is InChI=1S/C18H26N4O3/c1-2-19-18(25)20-15-6-5-14(17(23)24)11-16(15)22-9-7-21(8-10-22)12-13-3-4-13/h5-6,11,13H,2-4,7-10,12H2,1H3,(H,23,24)(H2,19,20,25). The second-order valence-electron chi connectivity index (χ2n) is 6.75. The predicted molar refractivity (Wildman–Crippen MR) is 97.5 cm³/mol. The summed E-state index contributed by atoms with van der Waals surface area (Å²) in [5, 5.41) is 14.8. The molecule has 2 amide bonds. The quantitative estimate of drug-likeness (QED) is 0.734. The lowest BCUT2D eigenvalue weighted by Crippen LogP contribution is -2.47. The number of urea groups is 1. The van der Waals surface area contributed by atoms with Crippen molar-refractivity contribution in [2.75, 3.05) is 49.5 Å². The van der Waals surface area contributed by atoms with Crippen LogP contribution in [0.5, 0.6) is 0 Å². The number of nitrogens with zero attached hydrogens (tertiary/aromatic N) is 2. The molecule has 1 saturated carbocycles. The van der Waals surface area contributed by atoms with Crippen molar-refractivity contribution in [1.29, 1.82) is 0 Å². The van der Waals surface area contributed by atoms with E-state index in [1.54, 1.807) is 12.1 Å². The Bertz CT molecular complexity index is 637. The highest BCUT2D eigenvalue weighted by Crippen LogP contribution is 2.31. The molecule has 25 heavy (non-hydrogen) atoms. The number of benzene rings is 1. The number of aromatic carboxylic acids is 1. The van der Waals surface area contributed by atoms with Crippen LogP contribution in [0.4, 0.5) is 16.2 Å². The van der Waals surface area contributed by atoms with Gasteiger partial charge in [0, 0.05) is 39.3 Å². The summed E-state index contributed by atoms with van der Waals surface area (Å²) in [6.07, 6.45) is 2.70. The summed E-state index contributed by atoms with van der Waals surface area (Å²) in [5.41, 5.74) is 1.65. The molecule has 1 saturated heterocycles. The van der Waals surface area contributed by atoms with E-state index in [-0.39, 0.29) is 11.6 Å². The number of nitrogens with one attached hydrogen (secondary N) is 2. The first-order valence-electron chi connectivity index (χ1n) is 8.96. The van der Waals surface area contributed by atoms with Crippen molar-refractivity contribution < 1.29 is 14.7 Å². The first-order valence-corrected chi connectivity index (χ1v) is 8.96. The first kappa shape index (κ1) is 17.5. The number of rotatable bonds is 6. The van der Waals surface area contributed by atoms with Crippen LogP contribution < -0.4 is 15.5 Å². The van der Waals surface area contributed by atoms with Crippen LogP contribution in [0.3, 0.4) is 0 Å². The van der Waals surface area contributed by atoms with Gasteiger partial charge in [-0.05, 0) is 43.9 Å². The number of carbonyl (C=O) groups excluding carboxylic acids is 1. The van der Waals surface area contributed by atoms with Gasteiger partial charge >= 0.3 is 12.0 Å². The molecule has 136 valence electrons. The number of hydrogen-bond donors (Lipinski definition) is 3. The second-order valence-corrected chi connectivity index (χ2v) is 6.75. The summed E-state index contributed by atoms with van der Waals surface area (Å²) in [6, 6.07) is 4.57. The molecule has 0 radical (unpaired) electrons. The number of carboxylic acids is 1. The van der Waals surface area contributed by atoms with Gasteiger partial charge in [-0.25, -0.2) is 9.59 Å². The van der Waals surface area contributed by atoms with Gasteiger partial charge in [0.25, 0.3) is 0 Å². The zero-order valence-corrected chi connectivity index (χ0v) is 14.6. The van der Waals surface area contributed by atoms with Gasteiger partial charge in [-0.3, -0.25) is 4.90 Å². The summed E-state index contributed by atoms with van der Waals surface area (Å²) < 4.78 is 0. The van der Waals surface area contributed by atoms with Crippen LogP contribution in [0.15, 0.2) is 18.2 Å². The van der Waals surface area contributed by atoms with Crippen molar-refractivity contribution in [2.24, 2.45) is 5.92 Å². The van der Waals surface area contributed by atoms with Gasteiger partial charge < -0.3 is 20.6 Å². The Balaban J connectivity index is 1.73. The minimum Gasteiger partial charge on any atom is -0.478 e. The maximum absolute atomic E-state index is 11.9. The molecule has 0 atom stereocenters. The molecule has 0 aromatic heterocycles. The highest BCUT2D eigenvalue weighted by Gasteiger charge is 2.27. The minimum absolute atomic E-state index is 0.233. The average Bonchev–Trinajstić information content (AvgIpc) is 3.40. The maximum Gasteiger partial charge on any atom is 0.335 e. The molecule has 1 aromatic rings. The first-order chi connectivity index (χ1) is 12.1.